The molecule has 0 bridgehead atoms. The average Bonchev–Trinajstić information content (AvgIpc) is 2.55. The Kier molecular flexibility index (Phi) is 4.72. The number of hydrogen-bond donors (Lipinski definition) is 0. The SMILES string of the molecule is COC(=O)c1ccc(Cc2ccc(C(=O)OC)cc2)cc1. The van der Waals surface area contributed by atoms with Crippen LogP contribution in [0.1, 0.15) is 31.8 Å². The van der Waals surface area contributed by atoms with Crippen molar-refractivity contribution in [3.63, 3.8) is 0 Å². The molecule has 2 aromatic rings. The second kappa shape index (κ2) is 6.70. The van der Waals surface area contributed by atoms with Crippen LogP contribution in [0.2, 0.25) is 0 Å². The third kappa shape index (κ3) is 3.69. The first-order chi connectivity index (χ1) is 10.1. The summed E-state index contributed by atoms with van der Waals surface area (Å²) in [6.07, 6.45) is 0.725. The predicted molar refractivity (Wildman–Crippen MR) is 78.4 cm³/mol. The fourth-order valence-corrected chi connectivity index (χ4v) is 1.99. The molecule has 0 radical (unpaired) electrons. The first kappa shape index (κ1) is 14.8. The van der Waals surface area contributed by atoms with Crippen molar-refractivity contribution in [2.75, 3.05) is 14.2 Å². The molecule has 0 fully saturated rings. The minimum absolute atomic E-state index is 0.344. The van der Waals surface area contributed by atoms with Crippen molar-refractivity contribution in [1.82, 2.24) is 0 Å². The molecule has 2 aromatic carbocycles. The summed E-state index contributed by atoms with van der Waals surface area (Å²) in [5.41, 5.74) is 3.21. The van der Waals surface area contributed by atoms with Crippen molar-refractivity contribution >= 4 is 11.9 Å². The van der Waals surface area contributed by atoms with E-state index in [1.54, 1.807) is 24.3 Å². The molecule has 4 nitrogen and oxygen atoms in total. The van der Waals surface area contributed by atoms with E-state index < -0.39 is 0 Å². The van der Waals surface area contributed by atoms with Gasteiger partial charge in [0, 0.05) is 0 Å². The molecule has 0 aliphatic heterocycles. The molecule has 0 N–H and O–H groups in total. The fourth-order valence-electron chi connectivity index (χ4n) is 1.99. The largest absolute Gasteiger partial charge is 0.465 e. The summed E-state index contributed by atoms with van der Waals surface area (Å²) in [7, 11) is 2.72. The van der Waals surface area contributed by atoms with Gasteiger partial charge in [0.05, 0.1) is 25.3 Å². The third-order valence-corrected chi connectivity index (χ3v) is 3.16. The molecule has 0 aromatic heterocycles. The number of benzene rings is 2. The van der Waals surface area contributed by atoms with Crippen LogP contribution in [0.5, 0.6) is 0 Å². The molecular weight excluding hydrogens is 268 g/mol. The Bertz CT molecular complexity index is 569. The van der Waals surface area contributed by atoms with Crippen molar-refractivity contribution < 1.29 is 19.1 Å². The van der Waals surface area contributed by atoms with Crippen LogP contribution in [-0.4, -0.2) is 26.2 Å². The van der Waals surface area contributed by atoms with Gasteiger partial charge in [0.25, 0.3) is 0 Å². The van der Waals surface area contributed by atoms with Crippen LogP contribution in [0.4, 0.5) is 0 Å². The summed E-state index contributed by atoms with van der Waals surface area (Å²) in [6.45, 7) is 0. The molecule has 108 valence electrons. The van der Waals surface area contributed by atoms with E-state index in [0.717, 1.165) is 17.5 Å². The quantitative estimate of drug-likeness (QED) is 0.810. The van der Waals surface area contributed by atoms with Crippen molar-refractivity contribution in [3.8, 4) is 0 Å². The number of hydrogen-bond acceptors (Lipinski definition) is 4. The van der Waals surface area contributed by atoms with Crippen LogP contribution in [0, 0.1) is 0 Å². The van der Waals surface area contributed by atoms with Gasteiger partial charge in [0.15, 0.2) is 0 Å². The lowest BCUT2D eigenvalue weighted by molar-refractivity contribution is 0.0592. The normalized spacial score (nSPS) is 10.0. The Balaban J connectivity index is 2.08. The minimum atomic E-state index is -0.344. The Morgan fingerprint density at radius 1 is 0.714 bits per heavy atom. The molecular formula is C17H16O4. The zero-order valence-corrected chi connectivity index (χ0v) is 12.0. The lowest BCUT2D eigenvalue weighted by Gasteiger charge is -2.05. The Morgan fingerprint density at radius 2 is 1.05 bits per heavy atom. The van der Waals surface area contributed by atoms with Gasteiger partial charge < -0.3 is 9.47 Å². The van der Waals surface area contributed by atoms with Gasteiger partial charge in [-0.1, -0.05) is 24.3 Å². The highest BCUT2D eigenvalue weighted by Crippen LogP contribution is 2.13. The Labute approximate surface area is 123 Å². The number of carbonyl (C=O) groups excluding carboxylic acids is 2. The molecule has 0 atom stereocenters. The van der Waals surface area contributed by atoms with Gasteiger partial charge in [-0.2, -0.15) is 0 Å². The Morgan fingerprint density at radius 3 is 1.33 bits per heavy atom. The van der Waals surface area contributed by atoms with Crippen molar-refractivity contribution in [1.29, 1.82) is 0 Å². The molecule has 0 saturated heterocycles. The molecule has 21 heavy (non-hydrogen) atoms. The highest BCUT2D eigenvalue weighted by atomic mass is 16.5. The van der Waals surface area contributed by atoms with Crippen LogP contribution in [0.25, 0.3) is 0 Å². The topological polar surface area (TPSA) is 52.6 Å². The van der Waals surface area contributed by atoms with Crippen LogP contribution in [0.3, 0.4) is 0 Å². The standard InChI is InChI=1S/C17H16O4/c1-20-16(18)14-7-3-12(4-8-14)11-13-5-9-15(10-6-13)17(19)21-2/h3-10H,11H2,1-2H3. The molecule has 0 saturated carbocycles. The minimum Gasteiger partial charge on any atom is -0.465 e. The maximum Gasteiger partial charge on any atom is 0.337 e. The van der Waals surface area contributed by atoms with Crippen molar-refractivity contribution in [2.45, 2.75) is 6.42 Å². The summed E-state index contributed by atoms with van der Waals surface area (Å²) >= 11 is 0. The van der Waals surface area contributed by atoms with Crippen molar-refractivity contribution in [2.24, 2.45) is 0 Å². The van der Waals surface area contributed by atoms with Crippen LogP contribution in [0.15, 0.2) is 48.5 Å². The van der Waals surface area contributed by atoms with E-state index in [1.807, 2.05) is 24.3 Å². The van der Waals surface area contributed by atoms with E-state index in [-0.39, 0.29) is 11.9 Å². The number of methoxy groups -OCH3 is 2. The lowest BCUT2D eigenvalue weighted by Crippen LogP contribution is -2.02. The monoisotopic (exact) mass is 284 g/mol. The molecule has 0 aliphatic carbocycles. The zero-order chi connectivity index (χ0) is 15.2. The second-order valence-corrected chi connectivity index (χ2v) is 4.55. The number of rotatable bonds is 4. The van der Waals surface area contributed by atoms with E-state index in [9.17, 15) is 9.59 Å². The van der Waals surface area contributed by atoms with Gasteiger partial charge in [-0.15, -0.1) is 0 Å². The van der Waals surface area contributed by atoms with E-state index in [2.05, 4.69) is 9.47 Å². The van der Waals surface area contributed by atoms with Gasteiger partial charge >= 0.3 is 11.9 Å². The van der Waals surface area contributed by atoms with E-state index in [0.29, 0.717) is 11.1 Å². The third-order valence-electron chi connectivity index (χ3n) is 3.16. The van der Waals surface area contributed by atoms with Gasteiger partial charge in [-0.05, 0) is 41.8 Å². The first-order valence-corrected chi connectivity index (χ1v) is 6.48. The number of esters is 2. The molecule has 2 rings (SSSR count). The van der Waals surface area contributed by atoms with E-state index in [4.69, 9.17) is 0 Å². The molecule has 0 aliphatic rings. The van der Waals surface area contributed by atoms with Gasteiger partial charge in [0.1, 0.15) is 0 Å². The zero-order valence-electron chi connectivity index (χ0n) is 12.0. The van der Waals surface area contributed by atoms with Gasteiger partial charge in [-0.3, -0.25) is 0 Å². The summed E-state index contributed by atoms with van der Waals surface area (Å²) in [5.74, 6) is -0.687. The number of carbonyl (C=O) groups is 2. The highest BCUT2D eigenvalue weighted by Gasteiger charge is 2.06. The predicted octanol–water partition coefficient (Wildman–Crippen LogP) is 2.85. The molecule has 4 heteroatoms. The van der Waals surface area contributed by atoms with Crippen LogP contribution < -0.4 is 0 Å². The fraction of sp³-hybridized carbons (Fsp3) is 0.176. The Hall–Kier alpha value is -2.62. The van der Waals surface area contributed by atoms with Crippen LogP contribution in [-0.2, 0) is 15.9 Å². The van der Waals surface area contributed by atoms with E-state index in [1.165, 1.54) is 14.2 Å². The number of ether oxygens (including phenoxy) is 2. The highest BCUT2D eigenvalue weighted by molar-refractivity contribution is 5.89. The maximum absolute atomic E-state index is 11.3. The molecule has 0 amide bonds. The molecule has 0 heterocycles. The molecule has 0 spiro atoms. The lowest BCUT2D eigenvalue weighted by atomic mass is 10.0. The molecule has 0 unspecified atom stereocenters. The average molecular weight is 284 g/mol. The second-order valence-electron chi connectivity index (χ2n) is 4.55. The van der Waals surface area contributed by atoms with Crippen molar-refractivity contribution in [3.05, 3.63) is 70.8 Å². The van der Waals surface area contributed by atoms with Gasteiger partial charge in [0.2, 0.25) is 0 Å². The van der Waals surface area contributed by atoms with Crippen LogP contribution >= 0.6 is 0 Å². The summed E-state index contributed by atoms with van der Waals surface area (Å²) < 4.78 is 9.32. The maximum atomic E-state index is 11.3. The first-order valence-electron chi connectivity index (χ1n) is 6.48. The van der Waals surface area contributed by atoms with E-state index >= 15 is 0 Å². The smallest absolute Gasteiger partial charge is 0.337 e. The summed E-state index contributed by atoms with van der Waals surface area (Å²) in [6, 6.07) is 14.5. The van der Waals surface area contributed by atoms with Gasteiger partial charge in [-0.25, -0.2) is 9.59 Å². The summed E-state index contributed by atoms with van der Waals surface area (Å²) in [5, 5.41) is 0. The summed E-state index contributed by atoms with van der Waals surface area (Å²) in [4.78, 5) is 22.7.